The third kappa shape index (κ3) is 3.44. The molecule has 2 aliphatic rings. The van der Waals surface area contributed by atoms with Crippen LogP contribution in [0, 0.1) is 5.92 Å². The first-order valence-corrected chi connectivity index (χ1v) is 6.33. The summed E-state index contributed by atoms with van der Waals surface area (Å²) in [6.07, 6.45) is 5.57. The largest absolute Gasteiger partial charge is 0.376 e. The number of ether oxygens (including phenoxy) is 1. The summed E-state index contributed by atoms with van der Waals surface area (Å²) < 4.78 is 5.55. The lowest BCUT2D eigenvalue weighted by Gasteiger charge is -2.36. The lowest BCUT2D eigenvalue weighted by atomic mass is 9.86. The van der Waals surface area contributed by atoms with E-state index in [1.807, 2.05) is 0 Å². The van der Waals surface area contributed by atoms with Crippen LogP contribution in [0.4, 0.5) is 0 Å². The first-order valence-electron chi connectivity index (χ1n) is 6.33. The van der Waals surface area contributed by atoms with Crippen LogP contribution in [0.3, 0.4) is 0 Å². The number of nitrogens with two attached hydrogens (primary N) is 1. The summed E-state index contributed by atoms with van der Waals surface area (Å²) in [6.45, 7) is 6.52. The van der Waals surface area contributed by atoms with E-state index in [1.165, 1.54) is 32.2 Å². The zero-order valence-corrected chi connectivity index (χ0v) is 9.82. The van der Waals surface area contributed by atoms with E-state index in [1.54, 1.807) is 0 Å². The van der Waals surface area contributed by atoms with Crippen LogP contribution >= 0.6 is 0 Å². The fourth-order valence-electron chi connectivity index (χ4n) is 2.92. The number of rotatable bonds is 2. The predicted octanol–water partition coefficient (Wildman–Crippen LogP) is 1.22. The number of hydrogen-bond donors (Lipinski definition) is 1. The Morgan fingerprint density at radius 2 is 2.27 bits per heavy atom. The molecule has 1 aliphatic heterocycles. The highest BCUT2D eigenvalue weighted by Gasteiger charge is 2.24. The first kappa shape index (κ1) is 11.4. The lowest BCUT2D eigenvalue weighted by molar-refractivity contribution is -0.0249. The average Bonchev–Trinajstić information content (AvgIpc) is 2.17. The molecule has 0 aromatic carbocycles. The van der Waals surface area contributed by atoms with Crippen molar-refractivity contribution in [2.45, 2.75) is 44.8 Å². The minimum atomic E-state index is 0.413. The molecule has 2 N–H and O–H groups in total. The van der Waals surface area contributed by atoms with Crippen LogP contribution in [0.2, 0.25) is 0 Å². The van der Waals surface area contributed by atoms with Gasteiger partial charge in [-0.25, -0.2) is 0 Å². The summed E-state index contributed by atoms with van der Waals surface area (Å²) in [7, 11) is 0. The first-order chi connectivity index (χ1) is 7.24. The summed E-state index contributed by atoms with van der Waals surface area (Å²) in [5.41, 5.74) is 6.01. The third-order valence-corrected chi connectivity index (χ3v) is 3.66. The third-order valence-electron chi connectivity index (χ3n) is 3.66. The average molecular weight is 212 g/mol. The molecule has 2 rings (SSSR count). The molecule has 1 saturated carbocycles. The van der Waals surface area contributed by atoms with E-state index >= 15 is 0 Å². The van der Waals surface area contributed by atoms with Gasteiger partial charge in [0.25, 0.3) is 0 Å². The number of hydrogen-bond acceptors (Lipinski definition) is 3. The monoisotopic (exact) mass is 212 g/mol. The molecular formula is C12H24N2O. The second kappa shape index (κ2) is 5.28. The molecule has 1 saturated heterocycles. The van der Waals surface area contributed by atoms with E-state index in [4.69, 9.17) is 10.5 Å². The van der Waals surface area contributed by atoms with Crippen LogP contribution in [0.5, 0.6) is 0 Å². The van der Waals surface area contributed by atoms with Gasteiger partial charge in [-0.3, -0.25) is 4.90 Å². The van der Waals surface area contributed by atoms with E-state index in [9.17, 15) is 0 Å². The second-order valence-electron chi connectivity index (χ2n) is 5.23. The highest BCUT2D eigenvalue weighted by atomic mass is 16.5. The molecule has 1 aliphatic carbocycles. The minimum Gasteiger partial charge on any atom is -0.376 e. The zero-order chi connectivity index (χ0) is 10.7. The maximum absolute atomic E-state index is 6.01. The topological polar surface area (TPSA) is 38.5 Å². The molecule has 3 nitrogen and oxygen atoms in total. The minimum absolute atomic E-state index is 0.413. The fourth-order valence-corrected chi connectivity index (χ4v) is 2.92. The maximum atomic E-state index is 6.01. The molecule has 0 aromatic rings. The van der Waals surface area contributed by atoms with Gasteiger partial charge in [0.15, 0.2) is 0 Å². The van der Waals surface area contributed by atoms with Gasteiger partial charge in [0.05, 0.1) is 12.7 Å². The Labute approximate surface area is 93.0 Å². The Hall–Kier alpha value is -0.120. The Morgan fingerprint density at radius 1 is 1.40 bits per heavy atom. The van der Waals surface area contributed by atoms with Gasteiger partial charge in [-0.2, -0.15) is 0 Å². The van der Waals surface area contributed by atoms with Crippen LogP contribution in [0.1, 0.15) is 32.6 Å². The van der Waals surface area contributed by atoms with Crippen LogP contribution in [-0.4, -0.2) is 43.3 Å². The summed E-state index contributed by atoms with van der Waals surface area (Å²) in [6, 6.07) is 0.460. The standard InChI is InChI=1S/C12H24N2O/c1-10-8-14(5-6-15-10)9-11-3-2-4-12(13)7-11/h10-12H,2-9,13H2,1H3. The van der Waals surface area contributed by atoms with Crippen molar-refractivity contribution in [3.63, 3.8) is 0 Å². The molecule has 2 fully saturated rings. The molecule has 88 valence electrons. The summed E-state index contributed by atoms with van der Waals surface area (Å²) >= 11 is 0. The van der Waals surface area contributed by atoms with Crippen LogP contribution in [-0.2, 0) is 4.74 Å². The van der Waals surface area contributed by atoms with E-state index in [-0.39, 0.29) is 0 Å². The molecule has 3 atom stereocenters. The summed E-state index contributed by atoms with van der Waals surface area (Å²) in [4.78, 5) is 2.55. The van der Waals surface area contributed by atoms with E-state index in [0.29, 0.717) is 12.1 Å². The van der Waals surface area contributed by atoms with Crippen molar-refractivity contribution in [3.05, 3.63) is 0 Å². The van der Waals surface area contributed by atoms with Crippen LogP contribution in [0.25, 0.3) is 0 Å². The second-order valence-corrected chi connectivity index (χ2v) is 5.23. The molecule has 1 heterocycles. The highest BCUT2D eigenvalue weighted by Crippen LogP contribution is 2.24. The van der Waals surface area contributed by atoms with Crippen molar-refractivity contribution in [3.8, 4) is 0 Å². The van der Waals surface area contributed by atoms with Crippen molar-refractivity contribution in [1.29, 1.82) is 0 Å². The van der Waals surface area contributed by atoms with Crippen molar-refractivity contribution in [2.75, 3.05) is 26.2 Å². The lowest BCUT2D eigenvalue weighted by Crippen LogP contribution is -2.44. The van der Waals surface area contributed by atoms with Crippen molar-refractivity contribution in [2.24, 2.45) is 11.7 Å². The molecule has 0 bridgehead atoms. The molecular weight excluding hydrogens is 188 g/mol. The number of morpholine rings is 1. The summed E-state index contributed by atoms with van der Waals surface area (Å²) in [5, 5.41) is 0. The molecule has 0 spiro atoms. The number of nitrogens with zero attached hydrogens (tertiary/aromatic N) is 1. The molecule has 15 heavy (non-hydrogen) atoms. The zero-order valence-electron chi connectivity index (χ0n) is 9.82. The van der Waals surface area contributed by atoms with E-state index in [0.717, 1.165) is 25.6 Å². The normalized spacial score (nSPS) is 39.2. The molecule has 3 heteroatoms. The quantitative estimate of drug-likeness (QED) is 0.748. The van der Waals surface area contributed by atoms with Gasteiger partial charge in [0.1, 0.15) is 0 Å². The smallest absolute Gasteiger partial charge is 0.0674 e. The predicted molar refractivity (Wildman–Crippen MR) is 61.8 cm³/mol. The van der Waals surface area contributed by atoms with Gasteiger partial charge in [0, 0.05) is 25.7 Å². The molecule has 0 aromatic heterocycles. The van der Waals surface area contributed by atoms with Gasteiger partial charge < -0.3 is 10.5 Å². The Bertz CT molecular complexity index is 178. The van der Waals surface area contributed by atoms with Crippen LogP contribution < -0.4 is 5.73 Å². The Morgan fingerprint density at radius 3 is 3.00 bits per heavy atom. The van der Waals surface area contributed by atoms with E-state index < -0.39 is 0 Å². The molecule has 3 unspecified atom stereocenters. The van der Waals surface area contributed by atoms with Crippen molar-refractivity contribution < 1.29 is 4.74 Å². The van der Waals surface area contributed by atoms with Crippen molar-refractivity contribution >= 4 is 0 Å². The highest BCUT2D eigenvalue weighted by molar-refractivity contribution is 4.79. The van der Waals surface area contributed by atoms with Gasteiger partial charge in [-0.05, 0) is 32.1 Å². The summed E-state index contributed by atoms with van der Waals surface area (Å²) in [5.74, 6) is 0.832. The molecule has 0 amide bonds. The fraction of sp³-hybridized carbons (Fsp3) is 1.00. The van der Waals surface area contributed by atoms with Crippen LogP contribution in [0.15, 0.2) is 0 Å². The van der Waals surface area contributed by atoms with Crippen molar-refractivity contribution in [1.82, 2.24) is 4.90 Å². The SMILES string of the molecule is CC1CN(CC2CCCC(N)C2)CCO1. The molecule has 0 radical (unpaired) electrons. The maximum Gasteiger partial charge on any atom is 0.0674 e. The Kier molecular flexibility index (Phi) is 4.00. The van der Waals surface area contributed by atoms with E-state index in [2.05, 4.69) is 11.8 Å². The van der Waals surface area contributed by atoms with Gasteiger partial charge in [-0.1, -0.05) is 6.42 Å². The van der Waals surface area contributed by atoms with Gasteiger partial charge in [0.2, 0.25) is 0 Å². The van der Waals surface area contributed by atoms with Gasteiger partial charge >= 0.3 is 0 Å². The van der Waals surface area contributed by atoms with Gasteiger partial charge in [-0.15, -0.1) is 0 Å². The Balaban J connectivity index is 1.75.